The fraction of sp³-hybridized carbons (Fsp3) is 0.278. The van der Waals surface area contributed by atoms with Gasteiger partial charge in [-0.1, -0.05) is 36.7 Å². The molecule has 2 aromatic rings. The average molecular weight is 351 g/mol. The quantitative estimate of drug-likeness (QED) is 0.652. The molecule has 0 radical (unpaired) electrons. The van der Waals surface area contributed by atoms with E-state index in [2.05, 4.69) is 13.0 Å². The van der Waals surface area contributed by atoms with Crippen molar-refractivity contribution in [1.29, 1.82) is 0 Å². The molecule has 0 saturated heterocycles. The Hall–Kier alpha value is -1.65. The van der Waals surface area contributed by atoms with Crippen LogP contribution in [-0.2, 0) is 13.0 Å². The van der Waals surface area contributed by atoms with E-state index in [9.17, 15) is 4.79 Å². The molecular formula is C18H19ClO3S. The molecule has 0 unspecified atom stereocenters. The number of halogens is 1. The normalized spacial score (nSPS) is 10.4. The van der Waals surface area contributed by atoms with Gasteiger partial charge in [-0.15, -0.1) is 0 Å². The Labute approximate surface area is 145 Å². The molecule has 0 aliphatic carbocycles. The van der Waals surface area contributed by atoms with Gasteiger partial charge in [0.25, 0.3) is 0 Å². The molecule has 3 nitrogen and oxygen atoms in total. The molecule has 0 atom stereocenters. The average Bonchev–Trinajstić information content (AvgIpc) is 2.55. The number of carbonyl (C=O) groups excluding carboxylic acids is 1. The Bertz CT molecular complexity index is 701. The topological polar surface area (TPSA) is 35.5 Å². The second-order valence-corrected chi connectivity index (χ2v) is 6.16. The molecule has 23 heavy (non-hydrogen) atoms. The molecular weight excluding hydrogens is 332 g/mol. The maximum absolute atomic E-state index is 11.5. The van der Waals surface area contributed by atoms with Gasteiger partial charge in [-0.25, -0.2) is 4.79 Å². The smallest absolute Gasteiger partial charge is 0.372 e. The third-order valence-electron chi connectivity index (χ3n) is 3.46. The number of ether oxygens (including phenoxy) is 2. The second-order valence-electron chi connectivity index (χ2n) is 5.01. The Morgan fingerprint density at radius 2 is 2.00 bits per heavy atom. The Balaban J connectivity index is 2.18. The van der Waals surface area contributed by atoms with Gasteiger partial charge in [-0.05, 0) is 60.7 Å². The summed E-state index contributed by atoms with van der Waals surface area (Å²) in [5, 5.41) is 0.135. The summed E-state index contributed by atoms with van der Waals surface area (Å²) in [7, 11) is 0. The molecule has 0 N–H and O–H groups in total. The first-order chi connectivity index (χ1) is 11.0. The minimum atomic E-state index is -0.378. The van der Waals surface area contributed by atoms with Crippen molar-refractivity contribution in [3.05, 3.63) is 58.1 Å². The van der Waals surface area contributed by atoms with Crippen molar-refractivity contribution in [1.82, 2.24) is 0 Å². The van der Waals surface area contributed by atoms with Crippen LogP contribution in [0.4, 0.5) is 4.79 Å². The molecule has 0 bridgehead atoms. The highest BCUT2D eigenvalue weighted by atomic mass is 35.5. The van der Waals surface area contributed by atoms with E-state index in [0.29, 0.717) is 16.3 Å². The van der Waals surface area contributed by atoms with E-state index >= 15 is 0 Å². The van der Waals surface area contributed by atoms with E-state index < -0.39 is 0 Å². The standard InChI is InChI=1S/C18H19ClO3S/c1-4-13-8-9-16(12(2)10-13)21-11-14-15(19)6-5-7-17(14)22-18(20)23-3/h5-10H,4,11H2,1-3H3. The van der Waals surface area contributed by atoms with Crippen molar-refractivity contribution in [3.63, 3.8) is 0 Å². The van der Waals surface area contributed by atoms with Crippen LogP contribution in [-0.4, -0.2) is 11.6 Å². The molecule has 0 amide bonds. The van der Waals surface area contributed by atoms with Crippen LogP contribution in [0.2, 0.25) is 5.02 Å². The van der Waals surface area contributed by atoms with E-state index in [1.54, 1.807) is 24.5 Å². The molecule has 0 spiro atoms. The maximum Gasteiger partial charge on any atom is 0.372 e. The number of aryl methyl sites for hydroxylation is 2. The molecule has 122 valence electrons. The van der Waals surface area contributed by atoms with Crippen molar-refractivity contribution in [2.24, 2.45) is 0 Å². The van der Waals surface area contributed by atoms with Gasteiger partial charge in [0.2, 0.25) is 0 Å². The number of carbonyl (C=O) groups is 1. The van der Waals surface area contributed by atoms with Crippen LogP contribution in [0.15, 0.2) is 36.4 Å². The second kappa shape index (κ2) is 8.27. The Morgan fingerprint density at radius 1 is 1.22 bits per heavy atom. The molecule has 5 heteroatoms. The first kappa shape index (κ1) is 17.7. The SMILES string of the molecule is CCc1ccc(OCc2c(Cl)cccc2OC(=O)SC)c(C)c1. The van der Waals surface area contributed by atoms with Gasteiger partial charge in [0.15, 0.2) is 0 Å². The fourth-order valence-corrected chi connectivity index (χ4v) is 2.54. The lowest BCUT2D eigenvalue weighted by Crippen LogP contribution is -2.05. The summed E-state index contributed by atoms with van der Waals surface area (Å²) in [6.45, 7) is 4.37. The number of benzene rings is 2. The monoisotopic (exact) mass is 350 g/mol. The van der Waals surface area contributed by atoms with Crippen molar-refractivity contribution in [2.75, 3.05) is 6.26 Å². The van der Waals surface area contributed by atoms with Gasteiger partial charge >= 0.3 is 5.30 Å². The molecule has 0 aliphatic rings. The van der Waals surface area contributed by atoms with Crippen molar-refractivity contribution >= 4 is 28.7 Å². The highest BCUT2D eigenvalue weighted by Crippen LogP contribution is 2.30. The molecule has 0 fully saturated rings. The fourth-order valence-electron chi connectivity index (χ4n) is 2.15. The molecule has 0 aromatic heterocycles. The summed E-state index contributed by atoms with van der Waals surface area (Å²) in [6.07, 6.45) is 2.65. The summed E-state index contributed by atoms with van der Waals surface area (Å²) in [5.41, 5.74) is 3.00. The molecule has 2 rings (SSSR count). The predicted molar refractivity (Wildman–Crippen MR) is 95.9 cm³/mol. The van der Waals surface area contributed by atoms with Gasteiger partial charge in [0, 0.05) is 0 Å². The minimum absolute atomic E-state index is 0.239. The van der Waals surface area contributed by atoms with Gasteiger partial charge in [-0.2, -0.15) is 0 Å². The molecule has 0 aliphatic heterocycles. The van der Waals surface area contributed by atoms with Crippen LogP contribution in [0.25, 0.3) is 0 Å². The van der Waals surface area contributed by atoms with Crippen LogP contribution in [0.3, 0.4) is 0 Å². The molecule has 0 heterocycles. The van der Waals surface area contributed by atoms with Crippen molar-refractivity contribution in [2.45, 2.75) is 26.9 Å². The maximum atomic E-state index is 11.5. The van der Waals surface area contributed by atoms with Crippen LogP contribution in [0.5, 0.6) is 11.5 Å². The van der Waals surface area contributed by atoms with Gasteiger partial charge in [0.05, 0.1) is 10.6 Å². The highest BCUT2D eigenvalue weighted by Gasteiger charge is 2.13. The number of rotatable bonds is 5. The van der Waals surface area contributed by atoms with E-state index in [1.807, 2.05) is 19.1 Å². The third-order valence-corrected chi connectivity index (χ3v) is 4.23. The van der Waals surface area contributed by atoms with Gasteiger partial charge < -0.3 is 9.47 Å². The lowest BCUT2D eigenvalue weighted by Gasteiger charge is -2.14. The molecule has 0 saturated carbocycles. The summed E-state index contributed by atoms with van der Waals surface area (Å²) in [6, 6.07) is 11.3. The van der Waals surface area contributed by atoms with E-state index in [0.717, 1.165) is 29.5 Å². The van der Waals surface area contributed by atoms with Crippen LogP contribution < -0.4 is 9.47 Å². The van der Waals surface area contributed by atoms with E-state index in [-0.39, 0.29) is 11.9 Å². The summed E-state index contributed by atoms with van der Waals surface area (Å²) in [5.74, 6) is 1.23. The lowest BCUT2D eigenvalue weighted by molar-refractivity contribution is 0.225. The first-order valence-corrected chi connectivity index (χ1v) is 8.91. The third kappa shape index (κ3) is 4.66. The van der Waals surface area contributed by atoms with Gasteiger partial charge in [-0.3, -0.25) is 0 Å². The van der Waals surface area contributed by atoms with Crippen LogP contribution in [0.1, 0.15) is 23.6 Å². The first-order valence-electron chi connectivity index (χ1n) is 7.30. The minimum Gasteiger partial charge on any atom is -0.488 e. The predicted octanol–water partition coefficient (Wildman–Crippen LogP) is 5.65. The van der Waals surface area contributed by atoms with Crippen molar-refractivity contribution in [3.8, 4) is 11.5 Å². The van der Waals surface area contributed by atoms with E-state index in [4.69, 9.17) is 21.1 Å². The number of hydrogen-bond acceptors (Lipinski definition) is 4. The van der Waals surface area contributed by atoms with Gasteiger partial charge in [0.1, 0.15) is 18.1 Å². The number of thioether (sulfide) groups is 1. The Kier molecular flexibility index (Phi) is 6.37. The van der Waals surface area contributed by atoms with Crippen LogP contribution >= 0.6 is 23.4 Å². The highest BCUT2D eigenvalue weighted by molar-refractivity contribution is 8.12. The zero-order valence-electron chi connectivity index (χ0n) is 13.4. The zero-order chi connectivity index (χ0) is 16.8. The summed E-state index contributed by atoms with van der Waals surface area (Å²) in [4.78, 5) is 11.5. The number of hydrogen-bond donors (Lipinski definition) is 0. The molecule has 2 aromatic carbocycles. The summed E-state index contributed by atoms with van der Waals surface area (Å²) >= 11 is 7.24. The largest absolute Gasteiger partial charge is 0.488 e. The zero-order valence-corrected chi connectivity index (χ0v) is 15.0. The van der Waals surface area contributed by atoms with Crippen molar-refractivity contribution < 1.29 is 14.3 Å². The Morgan fingerprint density at radius 3 is 2.65 bits per heavy atom. The summed E-state index contributed by atoms with van der Waals surface area (Å²) < 4.78 is 11.2. The lowest BCUT2D eigenvalue weighted by atomic mass is 10.1. The van der Waals surface area contributed by atoms with Crippen LogP contribution in [0, 0.1) is 6.92 Å². The van der Waals surface area contributed by atoms with E-state index in [1.165, 1.54) is 5.56 Å².